The van der Waals surface area contributed by atoms with Gasteiger partial charge in [-0.3, -0.25) is 10.1 Å². The smallest absolute Gasteiger partial charge is 0.274 e. The maximum atomic E-state index is 10.8. The number of hydrogen-bond acceptors (Lipinski definition) is 4. The molecule has 96 valence electrons. The topological polar surface area (TPSA) is 65.5 Å². The number of ether oxygens (including phenoxy) is 1. The van der Waals surface area contributed by atoms with E-state index in [9.17, 15) is 10.1 Å². The fourth-order valence-corrected chi connectivity index (χ4v) is 1.89. The lowest BCUT2D eigenvalue weighted by Gasteiger charge is -2.00. The molecule has 0 aliphatic heterocycles. The van der Waals surface area contributed by atoms with E-state index < -0.39 is 4.92 Å². The lowest BCUT2D eigenvalue weighted by atomic mass is 10.2. The molecule has 0 aliphatic carbocycles. The van der Waals surface area contributed by atoms with Gasteiger partial charge in [0.1, 0.15) is 5.76 Å². The van der Waals surface area contributed by atoms with Crippen molar-refractivity contribution in [3.63, 3.8) is 0 Å². The lowest BCUT2D eigenvalue weighted by molar-refractivity contribution is -0.384. The van der Waals surface area contributed by atoms with Gasteiger partial charge in [-0.2, -0.15) is 0 Å². The number of aryl methyl sites for hydroxylation is 1. The first kappa shape index (κ1) is 12.4. The molecular formula is C13H15NO4. The molecule has 5 nitrogen and oxygen atoms in total. The minimum absolute atomic E-state index is 0.0159. The van der Waals surface area contributed by atoms with Gasteiger partial charge in [-0.05, 0) is 12.5 Å². The Morgan fingerprint density at radius 2 is 2.17 bits per heavy atom. The fourth-order valence-electron chi connectivity index (χ4n) is 1.89. The minimum atomic E-state index is -0.430. The lowest BCUT2D eigenvalue weighted by Crippen LogP contribution is -1.90. The molecule has 1 aromatic heterocycles. The quantitative estimate of drug-likeness (QED) is 0.598. The number of nitro benzene ring substituents is 1. The third-order valence-corrected chi connectivity index (χ3v) is 2.83. The van der Waals surface area contributed by atoms with E-state index in [4.69, 9.17) is 9.15 Å². The molecule has 0 N–H and O–H groups in total. The van der Waals surface area contributed by atoms with Crippen molar-refractivity contribution in [3.8, 4) is 5.75 Å². The maximum Gasteiger partial charge on any atom is 0.274 e. The maximum absolute atomic E-state index is 10.8. The zero-order chi connectivity index (χ0) is 13.1. The van der Waals surface area contributed by atoms with Crippen LogP contribution in [0.15, 0.2) is 22.6 Å². The number of fused-ring (bicyclic) bond motifs is 1. The highest BCUT2D eigenvalue weighted by atomic mass is 16.6. The third kappa shape index (κ3) is 2.30. The second-order valence-electron chi connectivity index (χ2n) is 4.14. The summed E-state index contributed by atoms with van der Waals surface area (Å²) in [7, 11) is 1.48. The molecule has 0 fully saturated rings. The van der Waals surface area contributed by atoms with Crippen LogP contribution in [0.2, 0.25) is 0 Å². The number of nitrogens with zero attached hydrogens (tertiary/aromatic N) is 1. The van der Waals surface area contributed by atoms with Crippen LogP contribution in [0.3, 0.4) is 0 Å². The normalized spacial score (nSPS) is 10.8. The van der Waals surface area contributed by atoms with Crippen LogP contribution < -0.4 is 4.74 Å². The number of hydrogen-bond donors (Lipinski definition) is 0. The van der Waals surface area contributed by atoms with E-state index in [1.54, 1.807) is 0 Å². The molecule has 0 saturated carbocycles. The highest BCUT2D eigenvalue weighted by Gasteiger charge is 2.16. The molecule has 0 unspecified atom stereocenters. The van der Waals surface area contributed by atoms with E-state index in [0.717, 1.165) is 25.0 Å². The molecule has 0 amide bonds. The average molecular weight is 249 g/mol. The van der Waals surface area contributed by atoms with Crippen molar-refractivity contribution < 1.29 is 14.1 Å². The van der Waals surface area contributed by atoms with Crippen molar-refractivity contribution >= 4 is 16.7 Å². The summed E-state index contributed by atoms with van der Waals surface area (Å²) < 4.78 is 10.8. The van der Waals surface area contributed by atoms with Crippen LogP contribution in [0.25, 0.3) is 11.0 Å². The third-order valence-electron chi connectivity index (χ3n) is 2.83. The van der Waals surface area contributed by atoms with E-state index in [1.807, 2.05) is 6.07 Å². The monoisotopic (exact) mass is 249 g/mol. The van der Waals surface area contributed by atoms with E-state index in [-0.39, 0.29) is 5.69 Å². The SMILES string of the molecule is CCCCc1cc2cc([N+](=O)[O-])cc(OC)c2o1. The van der Waals surface area contributed by atoms with E-state index in [0.29, 0.717) is 16.7 Å². The molecule has 0 spiro atoms. The summed E-state index contributed by atoms with van der Waals surface area (Å²) in [4.78, 5) is 10.4. The van der Waals surface area contributed by atoms with Crippen LogP contribution in [0.1, 0.15) is 25.5 Å². The van der Waals surface area contributed by atoms with Crippen LogP contribution in [-0.4, -0.2) is 12.0 Å². The number of rotatable bonds is 5. The Bertz CT molecular complexity index is 574. The number of benzene rings is 1. The summed E-state index contributed by atoms with van der Waals surface area (Å²) in [6.45, 7) is 2.11. The number of furan rings is 1. The molecular weight excluding hydrogens is 234 g/mol. The second-order valence-corrected chi connectivity index (χ2v) is 4.14. The molecule has 0 radical (unpaired) electrons. The Hall–Kier alpha value is -2.04. The molecule has 1 aromatic carbocycles. The summed E-state index contributed by atoms with van der Waals surface area (Å²) in [5.74, 6) is 1.24. The summed E-state index contributed by atoms with van der Waals surface area (Å²) >= 11 is 0. The largest absolute Gasteiger partial charge is 0.493 e. The molecule has 18 heavy (non-hydrogen) atoms. The molecule has 0 bridgehead atoms. The van der Waals surface area contributed by atoms with Crippen LogP contribution in [0.4, 0.5) is 5.69 Å². The average Bonchev–Trinajstić information content (AvgIpc) is 2.77. The van der Waals surface area contributed by atoms with Gasteiger partial charge in [0.05, 0.1) is 18.1 Å². The van der Waals surface area contributed by atoms with Crippen LogP contribution in [0, 0.1) is 10.1 Å². The standard InChI is InChI=1S/C13H15NO4/c1-3-4-5-11-7-9-6-10(14(15)16)8-12(17-2)13(9)18-11/h6-8H,3-5H2,1-2H3. The molecule has 2 aromatic rings. The summed E-state index contributed by atoms with van der Waals surface area (Å²) in [6.07, 6.45) is 2.95. The molecule has 5 heteroatoms. The minimum Gasteiger partial charge on any atom is -0.493 e. The Morgan fingerprint density at radius 3 is 2.78 bits per heavy atom. The zero-order valence-electron chi connectivity index (χ0n) is 10.4. The number of non-ortho nitro benzene ring substituents is 1. The zero-order valence-corrected chi connectivity index (χ0v) is 10.4. The first-order chi connectivity index (χ1) is 8.65. The van der Waals surface area contributed by atoms with Gasteiger partial charge < -0.3 is 9.15 Å². The number of nitro groups is 1. The van der Waals surface area contributed by atoms with Crippen LogP contribution in [0.5, 0.6) is 5.75 Å². The van der Waals surface area contributed by atoms with E-state index >= 15 is 0 Å². The fraction of sp³-hybridized carbons (Fsp3) is 0.385. The van der Waals surface area contributed by atoms with Crippen molar-refractivity contribution in [1.82, 2.24) is 0 Å². The van der Waals surface area contributed by atoms with Crippen molar-refractivity contribution in [2.45, 2.75) is 26.2 Å². The molecule has 0 aliphatic rings. The highest BCUT2D eigenvalue weighted by Crippen LogP contribution is 2.33. The molecule has 0 saturated heterocycles. The summed E-state index contributed by atoms with van der Waals surface area (Å²) in [5.41, 5.74) is 0.594. The Balaban J connectivity index is 2.49. The van der Waals surface area contributed by atoms with E-state index in [2.05, 4.69) is 6.92 Å². The van der Waals surface area contributed by atoms with Gasteiger partial charge in [0.2, 0.25) is 0 Å². The predicted molar refractivity (Wildman–Crippen MR) is 68.0 cm³/mol. The van der Waals surface area contributed by atoms with Gasteiger partial charge in [0, 0.05) is 17.9 Å². The Kier molecular flexibility index (Phi) is 3.50. The number of methoxy groups -OCH3 is 1. The van der Waals surface area contributed by atoms with Gasteiger partial charge in [-0.15, -0.1) is 0 Å². The van der Waals surface area contributed by atoms with Crippen molar-refractivity contribution in [2.75, 3.05) is 7.11 Å². The van der Waals surface area contributed by atoms with Gasteiger partial charge in [-0.1, -0.05) is 13.3 Å². The summed E-state index contributed by atoms with van der Waals surface area (Å²) in [6, 6.07) is 4.74. The van der Waals surface area contributed by atoms with Gasteiger partial charge in [-0.25, -0.2) is 0 Å². The first-order valence-electron chi connectivity index (χ1n) is 5.90. The molecule has 0 atom stereocenters. The van der Waals surface area contributed by atoms with Crippen molar-refractivity contribution in [3.05, 3.63) is 34.1 Å². The Morgan fingerprint density at radius 1 is 1.39 bits per heavy atom. The molecule has 1 heterocycles. The molecule has 2 rings (SSSR count). The van der Waals surface area contributed by atoms with Gasteiger partial charge >= 0.3 is 0 Å². The van der Waals surface area contributed by atoms with Crippen molar-refractivity contribution in [1.29, 1.82) is 0 Å². The Labute approximate surface area is 104 Å². The van der Waals surface area contributed by atoms with E-state index in [1.165, 1.54) is 19.2 Å². The first-order valence-corrected chi connectivity index (χ1v) is 5.90. The predicted octanol–water partition coefficient (Wildman–Crippen LogP) is 3.69. The summed E-state index contributed by atoms with van der Waals surface area (Å²) in [5, 5.41) is 11.5. The van der Waals surface area contributed by atoms with Crippen LogP contribution >= 0.6 is 0 Å². The van der Waals surface area contributed by atoms with Crippen LogP contribution in [-0.2, 0) is 6.42 Å². The number of unbranched alkanes of at least 4 members (excludes halogenated alkanes) is 1. The van der Waals surface area contributed by atoms with Gasteiger partial charge in [0.15, 0.2) is 11.3 Å². The second kappa shape index (κ2) is 5.08. The van der Waals surface area contributed by atoms with Gasteiger partial charge in [0.25, 0.3) is 5.69 Å². The highest BCUT2D eigenvalue weighted by molar-refractivity contribution is 5.86. The van der Waals surface area contributed by atoms with Crippen molar-refractivity contribution in [2.24, 2.45) is 0 Å².